The Morgan fingerprint density at radius 1 is 1.05 bits per heavy atom. The number of nitrogens with zero attached hydrogens (tertiary/aromatic N) is 1. The molecule has 228 valence electrons. The molecule has 0 unspecified atom stereocenters. The fourth-order valence-corrected chi connectivity index (χ4v) is 6.57. The van der Waals surface area contributed by atoms with Crippen molar-refractivity contribution in [3.63, 3.8) is 0 Å². The number of hydrogen-bond donors (Lipinski definition) is 4. The summed E-state index contributed by atoms with van der Waals surface area (Å²) in [6.07, 6.45) is -1.80. The molecule has 3 atom stereocenters. The predicted molar refractivity (Wildman–Crippen MR) is 165 cm³/mol. The van der Waals surface area contributed by atoms with Crippen molar-refractivity contribution < 1.29 is 29.0 Å². The molecule has 1 aliphatic rings. The molecular formula is C33H38FN3O5S. The summed E-state index contributed by atoms with van der Waals surface area (Å²) in [5, 5.41) is 27.2. The van der Waals surface area contributed by atoms with E-state index in [1.807, 2.05) is 45.9 Å². The van der Waals surface area contributed by atoms with E-state index in [1.165, 1.54) is 53.1 Å². The Morgan fingerprint density at radius 2 is 1.70 bits per heavy atom. The second kappa shape index (κ2) is 13.2. The number of aromatic hydroxyl groups is 1. The lowest BCUT2D eigenvalue weighted by Crippen LogP contribution is -2.58. The lowest BCUT2D eigenvalue weighted by Gasteiger charge is -2.33. The summed E-state index contributed by atoms with van der Waals surface area (Å²) in [4.78, 5) is 42.1. The van der Waals surface area contributed by atoms with E-state index in [9.17, 15) is 29.0 Å². The van der Waals surface area contributed by atoms with E-state index in [0.717, 1.165) is 16.7 Å². The van der Waals surface area contributed by atoms with E-state index in [1.54, 1.807) is 13.0 Å². The Labute approximate surface area is 255 Å². The van der Waals surface area contributed by atoms with E-state index in [0.29, 0.717) is 17.7 Å². The van der Waals surface area contributed by atoms with Crippen molar-refractivity contribution >= 4 is 29.5 Å². The Hall–Kier alpha value is -3.89. The summed E-state index contributed by atoms with van der Waals surface area (Å²) in [6.45, 7) is 9.57. The first kappa shape index (κ1) is 32.0. The normalized spacial score (nSPS) is 17.3. The first-order valence-corrected chi connectivity index (χ1v) is 15.1. The van der Waals surface area contributed by atoms with E-state index in [4.69, 9.17) is 0 Å². The number of hydrogen-bond acceptors (Lipinski definition) is 6. The molecule has 1 aliphatic heterocycles. The Bertz CT molecular complexity index is 1510. The molecule has 3 aromatic rings. The van der Waals surface area contributed by atoms with Gasteiger partial charge >= 0.3 is 0 Å². The van der Waals surface area contributed by atoms with E-state index >= 15 is 0 Å². The molecule has 1 fully saturated rings. The monoisotopic (exact) mass is 607 g/mol. The van der Waals surface area contributed by atoms with Crippen LogP contribution in [-0.4, -0.2) is 61.6 Å². The van der Waals surface area contributed by atoms with Crippen molar-refractivity contribution in [2.24, 2.45) is 0 Å². The minimum absolute atomic E-state index is 0.0535. The van der Waals surface area contributed by atoms with Crippen LogP contribution in [0.2, 0.25) is 0 Å². The van der Waals surface area contributed by atoms with Gasteiger partial charge in [-0.3, -0.25) is 14.4 Å². The van der Waals surface area contributed by atoms with Crippen LogP contribution >= 0.6 is 11.8 Å². The third kappa shape index (κ3) is 7.19. The van der Waals surface area contributed by atoms with Gasteiger partial charge in [0, 0.05) is 22.4 Å². The Morgan fingerprint density at radius 3 is 2.37 bits per heavy atom. The molecule has 0 radical (unpaired) electrons. The van der Waals surface area contributed by atoms with Gasteiger partial charge in [-0.25, -0.2) is 4.39 Å². The van der Waals surface area contributed by atoms with Crippen LogP contribution in [0.15, 0.2) is 60.7 Å². The number of aliphatic hydroxyl groups is 1. The van der Waals surface area contributed by atoms with E-state index in [2.05, 4.69) is 10.6 Å². The highest BCUT2D eigenvalue weighted by atomic mass is 32.2. The number of carbonyl (C=O) groups is 3. The largest absolute Gasteiger partial charge is 0.508 e. The number of nitrogens with one attached hydrogen (secondary N) is 2. The number of benzene rings is 3. The third-order valence-corrected chi connectivity index (χ3v) is 9.38. The quantitative estimate of drug-likeness (QED) is 0.290. The number of aryl methyl sites for hydroxylation is 2. The summed E-state index contributed by atoms with van der Waals surface area (Å²) in [6, 6.07) is 14.0. The summed E-state index contributed by atoms with van der Waals surface area (Å²) in [5.74, 6) is -2.08. The molecule has 4 N–H and O–H groups in total. The van der Waals surface area contributed by atoms with Crippen molar-refractivity contribution in [3.8, 4) is 5.75 Å². The predicted octanol–water partition coefficient (Wildman–Crippen LogP) is 4.16. The first-order chi connectivity index (χ1) is 20.3. The highest BCUT2D eigenvalue weighted by Crippen LogP contribution is 2.40. The van der Waals surface area contributed by atoms with Gasteiger partial charge in [0.15, 0.2) is 6.10 Å². The van der Waals surface area contributed by atoms with Crippen LogP contribution in [0.1, 0.15) is 52.0 Å². The topological polar surface area (TPSA) is 119 Å². The van der Waals surface area contributed by atoms with Crippen LogP contribution in [-0.2, 0) is 22.6 Å². The second-order valence-corrected chi connectivity index (χ2v) is 13.1. The van der Waals surface area contributed by atoms with Crippen LogP contribution in [0.3, 0.4) is 0 Å². The fourth-order valence-electron chi connectivity index (χ4n) is 5.43. The van der Waals surface area contributed by atoms with Crippen molar-refractivity contribution in [3.05, 3.63) is 99.9 Å². The first-order valence-electron chi connectivity index (χ1n) is 14.1. The number of thioether (sulfide) groups is 1. The van der Waals surface area contributed by atoms with Crippen LogP contribution in [0.5, 0.6) is 5.75 Å². The molecule has 4 rings (SSSR count). The number of rotatable bonds is 9. The maximum Gasteiger partial charge on any atom is 0.254 e. The van der Waals surface area contributed by atoms with Crippen molar-refractivity contribution in [2.75, 3.05) is 5.88 Å². The molecule has 8 nitrogen and oxygen atoms in total. The molecule has 0 spiro atoms. The highest BCUT2D eigenvalue weighted by Gasteiger charge is 2.49. The summed E-state index contributed by atoms with van der Waals surface area (Å²) in [7, 11) is 0. The van der Waals surface area contributed by atoms with Gasteiger partial charge in [0.2, 0.25) is 5.91 Å². The highest BCUT2D eigenvalue weighted by molar-refractivity contribution is 8.00. The maximum atomic E-state index is 14.0. The average Bonchev–Trinajstić information content (AvgIpc) is 3.27. The SMILES string of the molecule is Cc1cccc(C)c1CNC(=O)[C@H]1N(C(=O)[C@@H](O)[C@H](Cc2cccc(F)c2)NC(=O)c2cccc(O)c2C)CSC1(C)C. The summed E-state index contributed by atoms with van der Waals surface area (Å²) < 4.78 is 13.4. The molecule has 0 aliphatic carbocycles. The fraction of sp³-hybridized carbons (Fsp3) is 0.364. The van der Waals surface area contributed by atoms with Crippen LogP contribution in [0.4, 0.5) is 4.39 Å². The zero-order valence-corrected chi connectivity index (χ0v) is 25.8. The standard InChI is InChI=1S/C33H38FN3O5S/c1-19-9-6-10-20(2)25(19)17-35-31(41)29-33(4,5)43-18-37(29)32(42)28(39)26(16-22-11-7-12-23(34)15-22)36-30(40)24-13-8-14-27(38)21(24)3/h6-15,26,28-29,38-39H,16-18H2,1-5H3,(H,35,41)(H,36,40)/t26-,28-,29+/m0/s1. The Kier molecular flexibility index (Phi) is 9.82. The van der Waals surface area contributed by atoms with Crippen molar-refractivity contribution in [2.45, 2.75) is 70.5 Å². The number of carbonyl (C=O) groups excluding carboxylic acids is 3. The van der Waals surface area contributed by atoms with Crippen LogP contribution in [0.25, 0.3) is 0 Å². The molecule has 43 heavy (non-hydrogen) atoms. The number of halogens is 1. The van der Waals surface area contributed by atoms with Gasteiger partial charge in [-0.1, -0.05) is 36.4 Å². The minimum atomic E-state index is -1.74. The number of phenols is 1. The smallest absolute Gasteiger partial charge is 0.254 e. The van der Waals surface area contributed by atoms with Gasteiger partial charge < -0.3 is 25.7 Å². The molecule has 1 heterocycles. The average molecular weight is 608 g/mol. The number of amides is 3. The minimum Gasteiger partial charge on any atom is -0.508 e. The molecule has 3 amide bonds. The molecule has 10 heteroatoms. The molecule has 0 bridgehead atoms. The number of phenolic OH excluding ortho intramolecular Hbond substituents is 1. The van der Waals surface area contributed by atoms with Gasteiger partial charge in [-0.2, -0.15) is 0 Å². The lowest BCUT2D eigenvalue weighted by molar-refractivity contribution is -0.147. The van der Waals surface area contributed by atoms with Crippen LogP contribution < -0.4 is 10.6 Å². The zero-order valence-electron chi connectivity index (χ0n) is 25.0. The molecule has 0 aromatic heterocycles. The molecule has 3 aromatic carbocycles. The lowest BCUT2D eigenvalue weighted by atomic mass is 9.96. The van der Waals surface area contributed by atoms with E-state index in [-0.39, 0.29) is 29.5 Å². The molecule has 0 saturated carbocycles. The van der Waals surface area contributed by atoms with Crippen molar-refractivity contribution in [1.82, 2.24) is 15.5 Å². The zero-order chi connectivity index (χ0) is 31.5. The van der Waals surface area contributed by atoms with Crippen LogP contribution in [0, 0.1) is 26.6 Å². The third-order valence-electron chi connectivity index (χ3n) is 8.01. The van der Waals surface area contributed by atoms with E-state index < -0.39 is 40.6 Å². The number of aliphatic hydroxyl groups excluding tert-OH is 1. The maximum absolute atomic E-state index is 14.0. The van der Waals surface area contributed by atoms with Gasteiger partial charge in [0.1, 0.15) is 17.6 Å². The van der Waals surface area contributed by atoms with Gasteiger partial charge in [0.05, 0.1) is 11.9 Å². The molecule has 1 saturated heterocycles. The second-order valence-electron chi connectivity index (χ2n) is 11.5. The van der Waals surface area contributed by atoms with Gasteiger partial charge in [-0.15, -0.1) is 11.8 Å². The Balaban J connectivity index is 1.58. The van der Waals surface area contributed by atoms with Crippen molar-refractivity contribution in [1.29, 1.82) is 0 Å². The van der Waals surface area contributed by atoms with Gasteiger partial charge in [-0.05, 0) is 87.6 Å². The summed E-state index contributed by atoms with van der Waals surface area (Å²) >= 11 is 1.42. The molecular weight excluding hydrogens is 569 g/mol. The van der Waals surface area contributed by atoms with Gasteiger partial charge in [0.25, 0.3) is 11.8 Å². The summed E-state index contributed by atoms with van der Waals surface area (Å²) in [5.41, 5.74) is 4.05.